The fourth-order valence-corrected chi connectivity index (χ4v) is 7.21. The largest absolute Gasteiger partial charge is 0.286 e. The number of ketones is 1. The van der Waals surface area contributed by atoms with Crippen LogP contribution in [0, 0.1) is 0 Å². The van der Waals surface area contributed by atoms with E-state index in [2.05, 4.69) is 0 Å². The van der Waals surface area contributed by atoms with Gasteiger partial charge in [-0.3, -0.25) is 14.5 Å². The van der Waals surface area contributed by atoms with Gasteiger partial charge in [0.25, 0.3) is 5.91 Å². The van der Waals surface area contributed by atoms with Crippen LogP contribution in [0.25, 0.3) is 6.08 Å². The van der Waals surface area contributed by atoms with Crippen molar-refractivity contribution in [2.75, 3.05) is 9.91 Å². The highest BCUT2D eigenvalue weighted by molar-refractivity contribution is 8.29. The summed E-state index contributed by atoms with van der Waals surface area (Å²) in [6, 6.07) is 38.1. The topological polar surface area (TPSA) is 53.0 Å². The Labute approximate surface area is 223 Å². The van der Waals surface area contributed by atoms with Gasteiger partial charge >= 0.3 is 0 Å². The minimum absolute atomic E-state index is 0.142. The third-order valence-electron chi connectivity index (χ3n) is 5.97. The van der Waals surface area contributed by atoms with Crippen LogP contribution in [0.15, 0.2) is 131 Å². The molecule has 0 saturated carbocycles. The zero-order chi connectivity index (χ0) is 25.2. The quantitative estimate of drug-likeness (QED) is 0.213. The molecule has 180 valence electrons. The summed E-state index contributed by atoms with van der Waals surface area (Å²) in [5.41, 5.74) is 3.00. The molecule has 2 aliphatic rings. The van der Waals surface area contributed by atoms with Gasteiger partial charge in [0.05, 0.1) is 10.6 Å². The second-order valence-corrected chi connectivity index (χ2v) is 11.0. The molecule has 5 nitrogen and oxygen atoms in total. The third-order valence-corrected chi connectivity index (χ3v) is 8.69. The number of benzene rings is 4. The molecule has 4 aromatic rings. The fourth-order valence-electron chi connectivity index (χ4n) is 4.26. The number of amides is 1. The van der Waals surface area contributed by atoms with Crippen LogP contribution in [0.1, 0.15) is 15.9 Å². The highest BCUT2D eigenvalue weighted by atomic mass is 32.2. The molecule has 1 fully saturated rings. The van der Waals surface area contributed by atoms with E-state index >= 15 is 0 Å². The number of thioether (sulfide) groups is 2. The maximum Gasteiger partial charge on any atom is 0.268 e. The van der Waals surface area contributed by atoms with Crippen molar-refractivity contribution in [3.8, 4) is 0 Å². The number of hydrazone groups is 1. The van der Waals surface area contributed by atoms with Gasteiger partial charge in [-0.2, -0.15) is 5.10 Å². The first-order valence-corrected chi connectivity index (χ1v) is 13.4. The Hall–Kier alpha value is -4.07. The van der Waals surface area contributed by atoms with Crippen LogP contribution in [0.4, 0.5) is 11.4 Å². The number of para-hydroxylation sites is 2. The number of rotatable bonds is 5. The number of carbonyl (C=O) groups excluding carboxylic acids is 2. The monoisotopic (exact) mass is 519 g/mol. The van der Waals surface area contributed by atoms with E-state index in [1.807, 2.05) is 115 Å². The smallest absolute Gasteiger partial charge is 0.268 e. The molecule has 2 heterocycles. The Kier molecular flexibility index (Phi) is 6.16. The number of carbonyl (C=O) groups is 2. The summed E-state index contributed by atoms with van der Waals surface area (Å²) in [7, 11) is 0. The summed E-state index contributed by atoms with van der Waals surface area (Å²) >= 11 is 2.71. The second-order valence-electron chi connectivity index (χ2n) is 8.40. The summed E-state index contributed by atoms with van der Waals surface area (Å²) in [6.07, 6.45) is 1.90. The molecule has 2 aliphatic heterocycles. The van der Waals surface area contributed by atoms with Crippen molar-refractivity contribution in [2.45, 2.75) is 4.33 Å². The lowest BCUT2D eigenvalue weighted by molar-refractivity contribution is -0.114. The van der Waals surface area contributed by atoms with Gasteiger partial charge in [-0.25, -0.2) is 5.01 Å². The highest BCUT2D eigenvalue weighted by Crippen LogP contribution is 2.59. The number of hydrogen-bond donors (Lipinski definition) is 0. The van der Waals surface area contributed by atoms with Crippen LogP contribution in [0.3, 0.4) is 0 Å². The number of nitrogens with zero attached hydrogens (tertiary/aromatic N) is 3. The summed E-state index contributed by atoms with van der Waals surface area (Å²) in [5, 5.41) is 6.97. The summed E-state index contributed by atoms with van der Waals surface area (Å²) in [6.45, 7) is 0. The minimum Gasteiger partial charge on any atom is -0.286 e. The maximum atomic E-state index is 14.1. The fraction of sp³-hybridized carbons (Fsp3) is 0.0333. The molecule has 7 heteroatoms. The van der Waals surface area contributed by atoms with Crippen LogP contribution in [-0.2, 0) is 4.79 Å². The Morgan fingerprint density at radius 1 is 0.703 bits per heavy atom. The summed E-state index contributed by atoms with van der Waals surface area (Å²) in [5.74, 6) is -0.318. The third kappa shape index (κ3) is 4.26. The van der Waals surface area contributed by atoms with Crippen LogP contribution in [0.5, 0.6) is 0 Å². The molecular weight excluding hydrogens is 498 g/mol. The first-order valence-electron chi connectivity index (χ1n) is 11.7. The molecule has 0 aliphatic carbocycles. The van der Waals surface area contributed by atoms with E-state index in [9.17, 15) is 9.59 Å². The lowest BCUT2D eigenvalue weighted by Crippen LogP contribution is -2.51. The van der Waals surface area contributed by atoms with E-state index in [4.69, 9.17) is 5.10 Å². The molecule has 0 aromatic heterocycles. The predicted molar refractivity (Wildman–Crippen MR) is 153 cm³/mol. The van der Waals surface area contributed by atoms with Crippen molar-refractivity contribution in [1.29, 1.82) is 0 Å². The maximum absolute atomic E-state index is 14.1. The average Bonchev–Trinajstić information content (AvgIpc) is 3.46. The van der Waals surface area contributed by atoms with E-state index in [1.54, 1.807) is 22.0 Å². The van der Waals surface area contributed by atoms with Crippen LogP contribution < -0.4 is 9.91 Å². The average molecular weight is 520 g/mol. The van der Waals surface area contributed by atoms with Gasteiger partial charge in [0.2, 0.25) is 10.1 Å². The first-order chi connectivity index (χ1) is 18.2. The molecule has 0 unspecified atom stereocenters. The molecular formula is C30H21N3O2S2. The van der Waals surface area contributed by atoms with Gasteiger partial charge in [0.1, 0.15) is 0 Å². The van der Waals surface area contributed by atoms with E-state index < -0.39 is 4.33 Å². The van der Waals surface area contributed by atoms with Gasteiger partial charge in [0.15, 0.2) is 5.04 Å². The van der Waals surface area contributed by atoms with E-state index in [-0.39, 0.29) is 11.7 Å². The lowest BCUT2D eigenvalue weighted by atomic mass is 10.1. The van der Waals surface area contributed by atoms with Gasteiger partial charge in [0, 0.05) is 11.3 Å². The Morgan fingerprint density at radius 2 is 1.24 bits per heavy atom. The van der Waals surface area contributed by atoms with Crippen molar-refractivity contribution < 1.29 is 9.59 Å². The molecule has 4 aromatic carbocycles. The van der Waals surface area contributed by atoms with Gasteiger partial charge in [-0.15, -0.1) is 0 Å². The van der Waals surface area contributed by atoms with Crippen LogP contribution in [-0.4, -0.2) is 21.1 Å². The lowest BCUT2D eigenvalue weighted by Gasteiger charge is -2.38. The normalized spacial score (nSPS) is 20.1. The van der Waals surface area contributed by atoms with Crippen molar-refractivity contribution >= 4 is 57.7 Å². The van der Waals surface area contributed by atoms with Crippen molar-refractivity contribution in [3.63, 3.8) is 0 Å². The predicted octanol–water partition coefficient (Wildman–Crippen LogP) is 6.87. The molecule has 37 heavy (non-hydrogen) atoms. The Balaban J connectivity index is 1.51. The minimum atomic E-state index is -1.06. The van der Waals surface area contributed by atoms with Crippen molar-refractivity contribution in [2.24, 2.45) is 5.10 Å². The van der Waals surface area contributed by atoms with Crippen molar-refractivity contribution in [1.82, 2.24) is 0 Å². The molecule has 6 rings (SSSR count). The second kappa shape index (κ2) is 9.76. The molecule has 1 spiro atoms. The molecule has 0 bridgehead atoms. The zero-order valence-corrected chi connectivity index (χ0v) is 21.2. The SMILES string of the molecule is O=C(C1=NN(c2ccccc2)[C@@]2(S1)S/C(=C\c1ccccc1)C(=O)N2c1ccccc1)c1ccccc1. The summed E-state index contributed by atoms with van der Waals surface area (Å²) < 4.78 is -1.06. The molecule has 0 radical (unpaired) electrons. The standard InChI is InChI=1S/C30H21N3O2S2/c34-27(23-15-7-2-8-16-23)28-31-33(25-19-11-4-12-20-25)30(37-28)32(24-17-9-3-10-18-24)29(35)26(36-30)21-22-13-5-1-6-14-22/h1-21H/b26-21-/t30-/m1/s1. The van der Waals surface area contributed by atoms with E-state index in [1.165, 1.54) is 23.5 Å². The molecule has 1 saturated heterocycles. The number of hydrogen-bond acceptors (Lipinski definition) is 6. The number of Topliss-reactive ketones (excluding diaryl/α,β-unsaturated/α-hetero) is 1. The Morgan fingerprint density at radius 3 is 1.86 bits per heavy atom. The zero-order valence-electron chi connectivity index (χ0n) is 19.6. The van der Waals surface area contributed by atoms with Gasteiger partial charge in [-0.1, -0.05) is 109 Å². The van der Waals surface area contributed by atoms with Crippen molar-refractivity contribution in [3.05, 3.63) is 137 Å². The van der Waals surface area contributed by atoms with E-state index in [0.29, 0.717) is 15.5 Å². The summed E-state index contributed by atoms with van der Waals surface area (Å²) in [4.78, 5) is 29.9. The highest BCUT2D eigenvalue weighted by Gasteiger charge is 2.60. The van der Waals surface area contributed by atoms with Gasteiger partial charge in [-0.05, 0) is 47.7 Å². The van der Waals surface area contributed by atoms with Gasteiger partial charge < -0.3 is 0 Å². The first kappa shape index (κ1) is 23.3. The molecule has 1 amide bonds. The van der Waals surface area contributed by atoms with E-state index in [0.717, 1.165) is 16.9 Å². The number of anilines is 2. The Bertz CT molecular complexity index is 1510. The van der Waals surface area contributed by atoms with Crippen LogP contribution >= 0.6 is 23.5 Å². The molecule has 1 atom stereocenters. The van der Waals surface area contributed by atoms with Crippen LogP contribution in [0.2, 0.25) is 0 Å². The molecule has 0 N–H and O–H groups in total.